The lowest BCUT2D eigenvalue weighted by Crippen LogP contribution is -2.40. The van der Waals surface area contributed by atoms with Crippen LogP contribution in [0.4, 0.5) is 8.78 Å². The summed E-state index contributed by atoms with van der Waals surface area (Å²) >= 11 is 1.34. The number of hydrogen-bond acceptors (Lipinski definition) is 5. The van der Waals surface area contributed by atoms with Crippen LogP contribution < -0.4 is 10.1 Å². The molecule has 1 aliphatic rings. The molecule has 9 heteroatoms. The van der Waals surface area contributed by atoms with E-state index in [0.717, 1.165) is 31.7 Å². The summed E-state index contributed by atoms with van der Waals surface area (Å²) in [6, 6.07) is 3.27. The second kappa shape index (κ2) is 8.48. The number of amides is 1. The Bertz CT molecular complexity index is 743. The van der Waals surface area contributed by atoms with Gasteiger partial charge in [-0.15, -0.1) is 10.2 Å². The number of nitrogens with one attached hydrogen (secondary N) is 1. The number of aromatic nitrogens is 3. The molecule has 26 heavy (non-hydrogen) atoms. The minimum atomic E-state index is -0.652. The van der Waals surface area contributed by atoms with Crippen LogP contribution in [0.3, 0.4) is 0 Å². The van der Waals surface area contributed by atoms with E-state index in [1.54, 1.807) is 10.9 Å². The fourth-order valence-electron chi connectivity index (χ4n) is 2.92. The summed E-state index contributed by atoms with van der Waals surface area (Å²) in [6.07, 6.45) is 4.47. The smallest absolute Gasteiger partial charge is 0.230 e. The predicted molar refractivity (Wildman–Crippen MR) is 92.9 cm³/mol. The summed E-state index contributed by atoms with van der Waals surface area (Å²) in [6.45, 7) is 0. The molecule has 1 amide bonds. The van der Waals surface area contributed by atoms with Crippen molar-refractivity contribution < 1.29 is 18.3 Å². The van der Waals surface area contributed by atoms with Crippen molar-refractivity contribution in [3.63, 3.8) is 0 Å². The Kier molecular flexibility index (Phi) is 6.08. The first-order valence-electron chi connectivity index (χ1n) is 8.38. The summed E-state index contributed by atoms with van der Waals surface area (Å²) < 4.78 is 33.8. The molecule has 1 aliphatic carbocycles. The molecular weight excluding hydrogens is 362 g/mol. The maximum absolute atomic E-state index is 13.2. The number of nitrogens with zero attached hydrogens (tertiary/aromatic N) is 3. The third-order valence-corrected chi connectivity index (χ3v) is 5.21. The Morgan fingerprint density at radius 1 is 1.27 bits per heavy atom. The van der Waals surface area contributed by atoms with Crippen LogP contribution in [-0.4, -0.2) is 38.6 Å². The molecule has 0 bridgehead atoms. The largest absolute Gasteiger partial charge is 0.490 e. The van der Waals surface area contributed by atoms with Gasteiger partial charge in [0.1, 0.15) is 23.7 Å². The Hall–Kier alpha value is -2.16. The number of halogens is 2. The fraction of sp³-hybridized carbons (Fsp3) is 0.471. The molecule has 6 nitrogen and oxygen atoms in total. The van der Waals surface area contributed by atoms with Crippen LogP contribution in [0.25, 0.3) is 0 Å². The molecule has 0 saturated heterocycles. The first kappa shape index (κ1) is 18.6. The number of rotatable bonds is 6. The van der Waals surface area contributed by atoms with E-state index < -0.39 is 11.6 Å². The lowest BCUT2D eigenvalue weighted by molar-refractivity contribution is -0.119. The molecule has 0 spiro atoms. The number of benzene rings is 1. The molecular formula is C17H20F2N4O2S. The molecule has 1 aromatic carbocycles. The van der Waals surface area contributed by atoms with Crippen LogP contribution in [0.1, 0.15) is 25.7 Å². The van der Waals surface area contributed by atoms with Gasteiger partial charge in [-0.05, 0) is 25.7 Å². The molecule has 1 fully saturated rings. The number of carbonyl (C=O) groups excluding carboxylic acids is 1. The topological polar surface area (TPSA) is 69.0 Å². The normalized spacial score (nSPS) is 20.0. The Labute approximate surface area is 154 Å². The predicted octanol–water partition coefficient (Wildman–Crippen LogP) is 2.69. The average Bonchev–Trinajstić information content (AvgIpc) is 2.99. The van der Waals surface area contributed by atoms with E-state index in [2.05, 4.69) is 15.5 Å². The molecule has 1 heterocycles. The minimum absolute atomic E-state index is 0.0467. The molecule has 140 valence electrons. The molecule has 3 rings (SSSR count). The van der Waals surface area contributed by atoms with E-state index in [0.29, 0.717) is 5.16 Å². The molecule has 2 aromatic rings. The maximum atomic E-state index is 13.2. The highest BCUT2D eigenvalue weighted by Crippen LogP contribution is 2.25. The van der Waals surface area contributed by atoms with E-state index in [9.17, 15) is 13.6 Å². The van der Waals surface area contributed by atoms with Crippen molar-refractivity contribution in [2.45, 2.75) is 43.0 Å². The maximum Gasteiger partial charge on any atom is 0.230 e. The molecule has 0 radical (unpaired) electrons. The van der Waals surface area contributed by atoms with Crippen molar-refractivity contribution in [1.29, 1.82) is 0 Å². The van der Waals surface area contributed by atoms with E-state index in [1.807, 2.05) is 7.05 Å². The van der Waals surface area contributed by atoms with Crippen LogP contribution in [0.2, 0.25) is 0 Å². The van der Waals surface area contributed by atoms with Crippen molar-refractivity contribution in [3.8, 4) is 5.75 Å². The quantitative estimate of drug-likeness (QED) is 0.778. The highest BCUT2D eigenvalue weighted by atomic mass is 32.2. The second-order valence-electron chi connectivity index (χ2n) is 6.28. The van der Waals surface area contributed by atoms with Gasteiger partial charge in [0.05, 0.1) is 11.9 Å². The Morgan fingerprint density at radius 3 is 2.58 bits per heavy atom. The zero-order valence-corrected chi connectivity index (χ0v) is 15.1. The lowest BCUT2D eigenvalue weighted by Gasteiger charge is -2.29. The van der Waals surface area contributed by atoms with E-state index >= 15 is 0 Å². The summed E-state index contributed by atoms with van der Waals surface area (Å²) in [5, 5.41) is 11.4. The van der Waals surface area contributed by atoms with Gasteiger partial charge in [-0.1, -0.05) is 11.8 Å². The van der Waals surface area contributed by atoms with Crippen molar-refractivity contribution in [3.05, 3.63) is 36.2 Å². The lowest BCUT2D eigenvalue weighted by atomic mass is 9.93. The van der Waals surface area contributed by atoms with Crippen molar-refractivity contribution in [2.24, 2.45) is 7.05 Å². The molecule has 1 aromatic heterocycles. The zero-order chi connectivity index (χ0) is 18.5. The summed E-state index contributed by atoms with van der Waals surface area (Å²) in [5.41, 5.74) is 0. The summed E-state index contributed by atoms with van der Waals surface area (Å²) in [5.74, 6) is -0.863. The van der Waals surface area contributed by atoms with Crippen molar-refractivity contribution in [1.82, 2.24) is 20.1 Å². The van der Waals surface area contributed by atoms with Gasteiger partial charge in [0.15, 0.2) is 5.16 Å². The van der Waals surface area contributed by atoms with Gasteiger partial charge in [-0.2, -0.15) is 0 Å². The van der Waals surface area contributed by atoms with Crippen LogP contribution in [0.15, 0.2) is 29.7 Å². The third-order valence-electron chi connectivity index (χ3n) is 4.18. The van der Waals surface area contributed by atoms with Gasteiger partial charge in [-0.25, -0.2) is 8.78 Å². The summed E-state index contributed by atoms with van der Waals surface area (Å²) in [7, 11) is 1.83. The Morgan fingerprint density at radius 2 is 1.96 bits per heavy atom. The molecule has 0 aliphatic heterocycles. The number of carbonyl (C=O) groups is 1. The second-order valence-corrected chi connectivity index (χ2v) is 7.22. The van der Waals surface area contributed by atoms with Gasteiger partial charge in [0.25, 0.3) is 0 Å². The SMILES string of the molecule is Cn1cnnc1SCC(=O)NC1CCC(Oc2cc(F)cc(F)c2)CC1. The van der Waals surface area contributed by atoms with E-state index in [-0.39, 0.29) is 29.6 Å². The van der Waals surface area contributed by atoms with Crippen LogP contribution in [0.5, 0.6) is 5.75 Å². The monoisotopic (exact) mass is 382 g/mol. The van der Waals surface area contributed by atoms with E-state index in [1.165, 1.54) is 23.9 Å². The van der Waals surface area contributed by atoms with Crippen LogP contribution in [0, 0.1) is 11.6 Å². The summed E-state index contributed by atoms with van der Waals surface area (Å²) in [4.78, 5) is 12.1. The number of aryl methyl sites for hydroxylation is 1. The highest BCUT2D eigenvalue weighted by molar-refractivity contribution is 7.99. The van der Waals surface area contributed by atoms with E-state index in [4.69, 9.17) is 4.74 Å². The first-order chi connectivity index (χ1) is 12.5. The van der Waals surface area contributed by atoms with Crippen molar-refractivity contribution in [2.75, 3.05) is 5.75 Å². The van der Waals surface area contributed by atoms with Crippen molar-refractivity contribution >= 4 is 17.7 Å². The Balaban J connectivity index is 1.40. The molecule has 0 unspecified atom stereocenters. The van der Waals surface area contributed by atoms with Gasteiger partial charge in [0, 0.05) is 31.3 Å². The van der Waals surface area contributed by atoms with Gasteiger partial charge in [0.2, 0.25) is 5.91 Å². The van der Waals surface area contributed by atoms with Gasteiger partial charge < -0.3 is 14.6 Å². The molecule has 1 N–H and O–H groups in total. The number of thioether (sulfide) groups is 1. The molecule has 0 atom stereocenters. The van der Waals surface area contributed by atoms with Gasteiger partial charge >= 0.3 is 0 Å². The number of ether oxygens (including phenoxy) is 1. The number of hydrogen-bond donors (Lipinski definition) is 1. The fourth-order valence-corrected chi connectivity index (χ4v) is 3.62. The highest BCUT2D eigenvalue weighted by Gasteiger charge is 2.24. The standard InChI is InChI=1S/C17H20F2N4O2S/c1-23-10-20-22-17(23)26-9-16(24)21-13-2-4-14(5-3-13)25-15-7-11(18)6-12(19)8-15/h6-8,10,13-14H,2-5,9H2,1H3,(H,21,24). The van der Waals surface area contributed by atoms with Crippen LogP contribution >= 0.6 is 11.8 Å². The van der Waals surface area contributed by atoms with Crippen LogP contribution in [-0.2, 0) is 11.8 Å². The zero-order valence-electron chi connectivity index (χ0n) is 14.3. The first-order valence-corrected chi connectivity index (χ1v) is 9.37. The molecule has 1 saturated carbocycles. The minimum Gasteiger partial charge on any atom is -0.490 e. The van der Waals surface area contributed by atoms with Gasteiger partial charge in [-0.3, -0.25) is 4.79 Å². The average molecular weight is 382 g/mol. The third kappa shape index (κ3) is 5.17.